The van der Waals surface area contributed by atoms with Gasteiger partial charge in [0.25, 0.3) is 5.91 Å². The van der Waals surface area contributed by atoms with E-state index < -0.39 is 0 Å². The first-order chi connectivity index (χ1) is 12.6. The van der Waals surface area contributed by atoms with E-state index in [0.717, 1.165) is 30.9 Å². The third-order valence-corrected chi connectivity index (χ3v) is 6.49. The van der Waals surface area contributed by atoms with Crippen LogP contribution < -0.4 is 5.32 Å². The monoisotopic (exact) mass is 369 g/mol. The van der Waals surface area contributed by atoms with Crippen LogP contribution in [0.1, 0.15) is 47.8 Å². The van der Waals surface area contributed by atoms with E-state index in [2.05, 4.69) is 34.4 Å². The number of carbonyl (C=O) groups excluding carboxylic acids is 1. The highest BCUT2D eigenvalue weighted by atomic mass is 35.5. The molecule has 5 heteroatoms. The van der Waals surface area contributed by atoms with Crippen LogP contribution in [0.25, 0.3) is 0 Å². The zero-order valence-electron chi connectivity index (χ0n) is 15.0. The summed E-state index contributed by atoms with van der Waals surface area (Å²) < 4.78 is 0. The van der Waals surface area contributed by atoms with Gasteiger partial charge >= 0.3 is 0 Å². The van der Waals surface area contributed by atoms with Crippen molar-refractivity contribution in [2.45, 2.75) is 37.3 Å². The average molecular weight is 370 g/mol. The van der Waals surface area contributed by atoms with Gasteiger partial charge in [0, 0.05) is 18.3 Å². The van der Waals surface area contributed by atoms with E-state index in [-0.39, 0.29) is 17.5 Å². The van der Waals surface area contributed by atoms with Crippen LogP contribution in [0.15, 0.2) is 48.7 Å². The summed E-state index contributed by atoms with van der Waals surface area (Å²) in [5, 5.41) is 3.66. The van der Waals surface area contributed by atoms with Crippen molar-refractivity contribution in [3.8, 4) is 0 Å². The maximum absolute atomic E-state index is 13.0. The Kier molecular flexibility index (Phi) is 4.72. The second-order valence-corrected chi connectivity index (χ2v) is 7.99. The topological polar surface area (TPSA) is 45.2 Å². The van der Waals surface area contributed by atoms with Gasteiger partial charge in [0.1, 0.15) is 5.69 Å². The summed E-state index contributed by atoms with van der Waals surface area (Å²) in [4.78, 5) is 19.6. The fraction of sp³-hybridized carbons (Fsp3) is 0.429. The summed E-state index contributed by atoms with van der Waals surface area (Å²) in [6, 6.07) is 13.7. The molecule has 1 aromatic heterocycles. The van der Waals surface area contributed by atoms with E-state index in [1.165, 1.54) is 12.8 Å². The van der Waals surface area contributed by atoms with Crippen molar-refractivity contribution in [2.75, 3.05) is 13.6 Å². The SMILES string of the molecule is CN1CC2CCC1(C(NC(=O)c1ncccc1Cl)c1ccccc1)CC2. The molecule has 5 rings (SSSR count). The van der Waals surface area contributed by atoms with Crippen molar-refractivity contribution in [1.82, 2.24) is 15.2 Å². The summed E-state index contributed by atoms with van der Waals surface area (Å²) >= 11 is 6.21. The van der Waals surface area contributed by atoms with Gasteiger partial charge in [0.15, 0.2) is 0 Å². The molecule has 2 bridgehead atoms. The number of piperidine rings is 2. The van der Waals surface area contributed by atoms with Crippen LogP contribution in [0.5, 0.6) is 0 Å². The molecule has 4 nitrogen and oxygen atoms in total. The summed E-state index contributed by atoms with van der Waals surface area (Å²) in [5.41, 5.74) is 1.38. The summed E-state index contributed by atoms with van der Waals surface area (Å²) in [6.07, 6.45) is 6.27. The van der Waals surface area contributed by atoms with E-state index >= 15 is 0 Å². The summed E-state index contributed by atoms with van der Waals surface area (Å²) in [5.74, 6) is 0.583. The highest BCUT2D eigenvalue weighted by Gasteiger charge is 2.50. The van der Waals surface area contributed by atoms with Crippen molar-refractivity contribution < 1.29 is 4.79 Å². The molecule has 1 unspecified atom stereocenters. The van der Waals surface area contributed by atoms with E-state index in [1.54, 1.807) is 18.3 Å². The molecule has 1 N–H and O–H groups in total. The van der Waals surface area contributed by atoms with Crippen molar-refractivity contribution in [3.05, 3.63) is 64.9 Å². The molecule has 1 aromatic carbocycles. The number of carbonyl (C=O) groups is 1. The van der Waals surface area contributed by atoms with Crippen molar-refractivity contribution >= 4 is 17.5 Å². The van der Waals surface area contributed by atoms with Crippen molar-refractivity contribution in [1.29, 1.82) is 0 Å². The Morgan fingerprint density at radius 3 is 2.62 bits per heavy atom. The Labute approximate surface area is 159 Å². The molecule has 3 aliphatic rings. The first kappa shape index (κ1) is 17.5. The molecular weight excluding hydrogens is 346 g/mol. The number of hydrogen-bond donors (Lipinski definition) is 1. The Bertz CT molecular complexity index is 787. The van der Waals surface area contributed by atoms with Crippen molar-refractivity contribution in [3.63, 3.8) is 0 Å². The second-order valence-electron chi connectivity index (χ2n) is 7.58. The molecule has 1 atom stereocenters. The number of hydrogen-bond acceptors (Lipinski definition) is 3. The standard InChI is InChI=1S/C21H24ClN3O/c1-25-14-15-9-11-21(25,12-10-15)19(16-6-3-2-4-7-16)24-20(26)18-17(22)8-5-13-23-18/h2-8,13,15,19H,9-12,14H2,1H3,(H,24,26). The van der Waals surface area contributed by atoms with Gasteiger partial charge in [-0.25, -0.2) is 4.98 Å². The van der Waals surface area contributed by atoms with Gasteiger partial charge in [-0.05, 0) is 56.3 Å². The molecule has 0 spiro atoms. The maximum Gasteiger partial charge on any atom is 0.271 e. The van der Waals surface area contributed by atoms with Crippen LogP contribution in [0.4, 0.5) is 0 Å². The van der Waals surface area contributed by atoms with Gasteiger partial charge in [-0.15, -0.1) is 0 Å². The minimum absolute atomic E-state index is 0.0486. The second kappa shape index (κ2) is 7.01. The minimum atomic E-state index is -0.208. The fourth-order valence-electron chi connectivity index (χ4n) is 4.75. The van der Waals surface area contributed by atoms with E-state index in [0.29, 0.717) is 10.7 Å². The van der Waals surface area contributed by atoms with E-state index in [9.17, 15) is 4.79 Å². The molecule has 26 heavy (non-hydrogen) atoms. The van der Waals surface area contributed by atoms with E-state index in [4.69, 9.17) is 11.6 Å². The largest absolute Gasteiger partial charge is 0.342 e. The zero-order valence-corrected chi connectivity index (χ0v) is 15.7. The lowest BCUT2D eigenvalue weighted by Crippen LogP contribution is -2.62. The number of benzene rings is 1. The number of pyridine rings is 1. The Hall–Kier alpha value is -1.91. The van der Waals surface area contributed by atoms with Crippen LogP contribution in [-0.4, -0.2) is 34.9 Å². The van der Waals surface area contributed by atoms with Crippen LogP contribution in [-0.2, 0) is 0 Å². The first-order valence-electron chi connectivity index (χ1n) is 9.28. The lowest BCUT2D eigenvalue weighted by Gasteiger charge is -2.57. The third kappa shape index (κ3) is 3.01. The molecular formula is C21H24ClN3O. The number of likely N-dealkylation sites (N-methyl/N-ethyl adjacent to an activating group) is 1. The molecule has 2 aromatic rings. The Balaban J connectivity index is 1.70. The van der Waals surface area contributed by atoms with Gasteiger partial charge in [-0.1, -0.05) is 41.9 Å². The number of nitrogens with zero attached hydrogens (tertiary/aromatic N) is 2. The molecule has 0 radical (unpaired) electrons. The molecule has 1 aliphatic carbocycles. The van der Waals surface area contributed by atoms with Crippen LogP contribution in [0.2, 0.25) is 5.02 Å². The fourth-order valence-corrected chi connectivity index (χ4v) is 4.95. The molecule has 3 fully saturated rings. The smallest absolute Gasteiger partial charge is 0.271 e. The van der Waals surface area contributed by atoms with Crippen LogP contribution >= 0.6 is 11.6 Å². The van der Waals surface area contributed by atoms with Gasteiger partial charge in [0.2, 0.25) is 0 Å². The maximum atomic E-state index is 13.0. The Morgan fingerprint density at radius 1 is 1.23 bits per heavy atom. The Morgan fingerprint density at radius 2 is 1.96 bits per heavy atom. The molecule has 2 saturated heterocycles. The average Bonchev–Trinajstić information content (AvgIpc) is 2.68. The number of nitrogens with one attached hydrogen (secondary N) is 1. The quantitative estimate of drug-likeness (QED) is 0.883. The van der Waals surface area contributed by atoms with Gasteiger partial charge < -0.3 is 5.32 Å². The normalized spacial score (nSPS) is 26.5. The predicted molar refractivity (Wildman–Crippen MR) is 103 cm³/mol. The lowest BCUT2D eigenvalue weighted by atomic mass is 9.66. The first-order valence-corrected chi connectivity index (χ1v) is 9.65. The van der Waals surface area contributed by atoms with Gasteiger partial charge in [0.05, 0.1) is 11.1 Å². The number of rotatable bonds is 4. The third-order valence-electron chi connectivity index (χ3n) is 6.18. The molecule has 136 valence electrons. The number of amides is 1. The van der Waals surface area contributed by atoms with Gasteiger partial charge in [-0.3, -0.25) is 9.69 Å². The number of halogens is 1. The molecule has 1 saturated carbocycles. The minimum Gasteiger partial charge on any atom is -0.342 e. The van der Waals surface area contributed by atoms with Crippen LogP contribution in [0, 0.1) is 5.92 Å². The van der Waals surface area contributed by atoms with E-state index in [1.807, 2.05) is 18.2 Å². The summed E-state index contributed by atoms with van der Waals surface area (Å²) in [7, 11) is 2.20. The number of fused-ring (bicyclic) bond motifs is 3. The van der Waals surface area contributed by atoms with Crippen LogP contribution in [0.3, 0.4) is 0 Å². The lowest BCUT2D eigenvalue weighted by molar-refractivity contribution is -0.0404. The summed E-state index contributed by atoms with van der Waals surface area (Å²) in [6.45, 7) is 1.10. The van der Waals surface area contributed by atoms with Gasteiger partial charge in [-0.2, -0.15) is 0 Å². The highest BCUT2D eigenvalue weighted by Crippen LogP contribution is 2.49. The number of aromatic nitrogens is 1. The predicted octanol–water partition coefficient (Wildman–Crippen LogP) is 4.08. The highest BCUT2D eigenvalue weighted by molar-refractivity contribution is 6.33. The van der Waals surface area contributed by atoms with Crippen molar-refractivity contribution in [2.24, 2.45) is 5.92 Å². The zero-order chi connectivity index (χ0) is 18.1. The molecule has 1 amide bonds. The molecule has 3 heterocycles. The molecule has 2 aliphatic heterocycles.